The van der Waals surface area contributed by atoms with Gasteiger partial charge < -0.3 is 14.3 Å². The van der Waals surface area contributed by atoms with Crippen molar-refractivity contribution >= 4 is 6.29 Å². The van der Waals surface area contributed by atoms with Crippen LogP contribution in [0.5, 0.6) is 0 Å². The maximum atomic E-state index is 10.1. The summed E-state index contributed by atoms with van der Waals surface area (Å²) in [5, 5.41) is 0. The van der Waals surface area contributed by atoms with E-state index in [0.29, 0.717) is 12.8 Å². The SMILES string of the molecule is C=CC[C@H](CC=O)OCOC. The van der Waals surface area contributed by atoms with Crippen molar-refractivity contribution in [1.82, 2.24) is 0 Å². The fraction of sp³-hybridized carbons (Fsp3) is 0.625. The van der Waals surface area contributed by atoms with E-state index >= 15 is 0 Å². The molecule has 11 heavy (non-hydrogen) atoms. The van der Waals surface area contributed by atoms with Crippen LogP contribution in [0.4, 0.5) is 0 Å². The Morgan fingerprint density at radius 2 is 2.27 bits per heavy atom. The maximum Gasteiger partial charge on any atom is 0.146 e. The highest BCUT2D eigenvalue weighted by atomic mass is 16.7. The Balaban J connectivity index is 3.49. The molecule has 1 atom stereocenters. The summed E-state index contributed by atoms with van der Waals surface area (Å²) >= 11 is 0. The van der Waals surface area contributed by atoms with Crippen molar-refractivity contribution in [2.24, 2.45) is 0 Å². The monoisotopic (exact) mass is 158 g/mol. The van der Waals surface area contributed by atoms with E-state index in [-0.39, 0.29) is 12.9 Å². The molecular weight excluding hydrogens is 144 g/mol. The summed E-state index contributed by atoms with van der Waals surface area (Å²) in [6, 6.07) is 0. The van der Waals surface area contributed by atoms with Gasteiger partial charge in [0.2, 0.25) is 0 Å². The van der Waals surface area contributed by atoms with Crippen molar-refractivity contribution in [3.63, 3.8) is 0 Å². The second-order valence-electron chi connectivity index (χ2n) is 2.12. The summed E-state index contributed by atoms with van der Waals surface area (Å²) in [5.41, 5.74) is 0. The van der Waals surface area contributed by atoms with Crippen LogP contribution in [0.15, 0.2) is 12.7 Å². The normalized spacial score (nSPS) is 12.5. The predicted molar refractivity (Wildman–Crippen MR) is 42.2 cm³/mol. The molecule has 0 aliphatic carbocycles. The molecule has 0 aliphatic rings. The topological polar surface area (TPSA) is 35.5 Å². The summed E-state index contributed by atoms with van der Waals surface area (Å²) in [5.74, 6) is 0. The minimum atomic E-state index is -0.0788. The molecular formula is C8H14O3. The third-order valence-electron chi connectivity index (χ3n) is 1.21. The van der Waals surface area contributed by atoms with Crippen LogP contribution in [0.3, 0.4) is 0 Å². The van der Waals surface area contributed by atoms with Crippen molar-refractivity contribution < 1.29 is 14.3 Å². The lowest BCUT2D eigenvalue weighted by Gasteiger charge is -2.11. The van der Waals surface area contributed by atoms with Crippen LogP contribution in [-0.4, -0.2) is 26.3 Å². The highest BCUT2D eigenvalue weighted by Crippen LogP contribution is 2.02. The fourth-order valence-electron chi connectivity index (χ4n) is 0.690. The van der Waals surface area contributed by atoms with Gasteiger partial charge in [-0.05, 0) is 6.42 Å². The second-order valence-corrected chi connectivity index (χ2v) is 2.12. The molecule has 0 heterocycles. The molecule has 0 saturated heterocycles. The van der Waals surface area contributed by atoms with Crippen LogP contribution >= 0.6 is 0 Å². The largest absolute Gasteiger partial charge is 0.359 e. The van der Waals surface area contributed by atoms with Gasteiger partial charge in [0.15, 0.2) is 0 Å². The van der Waals surface area contributed by atoms with E-state index in [2.05, 4.69) is 6.58 Å². The Labute approximate surface area is 67.0 Å². The van der Waals surface area contributed by atoms with E-state index < -0.39 is 0 Å². The third-order valence-corrected chi connectivity index (χ3v) is 1.21. The minimum Gasteiger partial charge on any atom is -0.359 e. The van der Waals surface area contributed by atoms with Crippen molar-refractivity contribution in [1.29, 1.82) is 0 Å². The number of methoxy groups -OCH3 is 1. The van der Waals surface area contributed by atoms with E-state index in [9.17, 15) is 4.79 Å². The zero-order chi connectivity index (χ0) is 8.53. The number of hydrogen-bond donors (Lipinski definition) is 0. The summed E-state index contributed by atoms with van der Waals surface area (Å²) in [6.45, 7) is 3.78. The molecule has 0 fully saturated rings. The fourth-order valence-corrected chi connectivity index (χ4v) is 0.690. The molecule has 0 spiro atoms. The van der Waals surface area contributed by atoms with Gasteiger partial charge >= 0.3 is 0 Å². The first-order valence-corrected chi connectivity index (χ1v) is 3.50. The van der Waals surface area contributed by atoms with Crippen LogP contribution in [0.1, 0.15) is 12.8 Å². The number of rotatable bonds is 7. The van der Waals surface area contributed by atoms with Gasteiger partial charge in [-0.2, -0.15) is 0 Å². The molecule has 0 aliphatic heterocycles. The smallest absolute Gasteiger partial charge is 0.146 e. The predicted octanol–water partition coefficient (Wildman–Crippen LogP) is 1.14. The van der Waals surface area contributed by atoms with E-state index in [4.69, 9.17) is 9.47 Å². The Hall–Kier alpha value is -0.670. The van der Waals surface area contributed by atoms with E-state index in [1.165, 1.54) is 0 Å². The van der Waals surface area contributed by atoms with Crippen LogP contribution in [0.2, 0.25) is 0 Å². The number of ether oxygens (including phenoxy) is 2. The quantitative estimate of drug-likeness (QED) is 0.316. The average Bonchev–Trinajstić information content (AvgIpc) is 2.01. The second kappa shape index (κ2) is 7.44. The standard InChI is InChI=1S/C8H14O3/c1-3-4-8(5-6-9)11-7-10-2/h3,6,8H,1,4-5,7H2,2H3/t8-/m1/s1. The van der Waals surface area contributed by atoms with Gasteiger partial charge in [-0.15, -0.1) is 6.58 Å². The first-order chi connectivity index (χ1) is 5.35. The van der Waals surface area contributed by atoms with Gasteiger partial charge in [-0.1, -0.05) is 6.08 Å². The molecule has 3 heteroatoms. The molecule has 0 unspecified atom stereocenters. The summed E-state index contributed by atoms with van der Waals surface area (Å²) in [7, 11) is 1.55. The molecule has 0 saturated carbocycles. The summed E-state index contributed by atoms with van der Waals surface area (Å²) < 4.78 is 9.84. The minimum absolute atomic E-state index is 0.0788. The lowest BCUT2D eigenvalue weighted by molar-refractivity contribution is -0.114. The first kappa shape index (κ1) is 10.3. The summed E-state index contributed by atoms with van der Waals surface area (Å²) in [4.78, 5) is 10.1. The number of aldehydes is 1. The van der Waals surface area contributed by atoms with Gasteiger partial charge in [-0.3, -0.25) is 0 Å². The average molecular weight is 158 g/mol. The molecule has 0 bridgehead atoms. The molecule has 0 aromatic carbocycles. The molecule has 64 valence electrons. The third kappa shape index (κ3) is 5.76. The van der Waals surface area contributed by atoms with Gasteiger partial charge in [-0.25, -0.2) is 0 Å². The van der Waals surface area contributed by atoms with Crippen LogP contribution in [-0.2, 0) is 14.3 Å². The Morgan fingerprint density at radius 3 is 2.73 bits per heavy atom. The molecule has 0 radical (unpaired) electrons. The molecule has 0 aromatic heterocycles. The van der Waals surface area contributed by atoms with Crippen LogP contribution in [0.25, 0.3) is 0 Å². The zero-order valence-electron chi connectivity index (χ0n) is 6.79. The first-order valence-electron chi connectivity index (χ1n) is 3.50. The van der Waals surface area contributed by atoms with Crippen molar-refractivity contribution in [3.05, 3.63) is 12.7 Å². The van der Waals surface area contributed by atoms with E-state index in [0.717, 1.165) is 6.29 Å². The lowest BCUT2D eigenvalue weighted by Crippen LogP contribution is -2.14. The number of hydrogen-bond acceptors (Lipinski definition) is 3. The molecule has 0 N–H and O–H groups in total. The Kier molecular flexibility index (Phi) is 6.98. The summed E-state index contributed by atoms with van der Waals surface area (Å²) in [6.07, 6.45) is 3.57. The van der Waals surface area contributed by atoms with Crippen LogP contribution in [0, 0.1) is 0 Å². The van der Waals surface area contributed by atoms with Gasteiger partial charge in [0.05, 0.1) is 6.10 Å². The zero-order valence-corrected chi connectivity index (χ0v) is 6.79. The van der Waals surface area contributed by atoms with E-state index in [1.54, 1.807) is 13.2 Å². The number of carbonyl (C=O) groups excluding carboxylic acids is 1. The molecule has 3 nitrogen and oxygen atoms in total. The highest BCUT2D eigenvalue weighted by Gasteiger charge is 2.04. The van der Waals surface area contributed by atoms with Crippen molar-refractivity contribution in [3.8, 4) is 0 Å². The van der Waals surface area contributed by atoms with Gasteiger partial charge in [0.25, 0.3) is 0 Å². The molecule has 0 amide bonds. The van der Waals surface area contributed by atoms with Crippen molar-refractivity contribution in [2.75, 3.05) is 13.9 Å². The van der Waals surface area contributed by atoms with E-state index in [1.807, 2.05) is 0 Å². The maximum absolute atomic E-state index is 10.1. The van der Waals surface area contributed by atoms with Gasteiger partial charge in [0.1, 0.15) is 13.1 Å². The highest BCUT2D eigenvalue weighted by molar-refractivity contribution is 5.50. The Morgan fingerprint density at radius 1 is 1.55 bits per heavy atom. The molecule has 0 rings (SSSR count). The van der Waals surface area contributed by atoms with Crippen molar-refractivity contribution in [2.45, 2.75) is 18.9 Å². The lowest BCUT2D eigenvalue weighted by atomic mass is 10.2. The van der Waals surface area contributed by atoms with Crippen LogP contribution < -0.4 is 0 Å². The Bertz CT molecular complexity index is 102. The number of carbonyl (C=O) groups is 1. The molecule has 0 aromatic rings. The van der Waals surface area contributed by atoms with Gasteiger partial charge in [0, 0.05) is 13.5 Å².